The molecule has 82 valence electrons. The van der Waals surface area contributed by atoms with E-state index in [0.29, 0.717) is 4.90 Å². The van der Waals surface area contributed by atoms with Crippen molar-refractivity contribution in [2.24, 2.45) is 0 Å². The van der Waals surface area contributed by atoms with E-state index in [4.69, 9.17) is 10.5 Å². The Morgan fingerprint density at radius 3 is 2.60 bits per heavy atom. The molecule has 4 nitrogen and oxygen atoms in total. The first-order chi connectivity index (χ1) is 6.81. The smallest absolute Gasteiger partial charge is 0.343 e. The lowest BCUT2D eigenvalue weighted by molar-refractivity contribution is 0.00666. The lowest BCUT2D eigenvalue weighted by Gasteiger charge is -2.20. The van der Waals surface area contributed by atoms with Gasteiger partial charge in [-0.25, -0.2) is 9.78 Å². The van der Waals surface area contributed by atoms with Crippen LogP contribution in [0.25, 0.3) is 0 Å². The topological polar surface area (TPSA) is 65.2 Å². The highest BCUT2D eigenvalue weighted by Gasteiger charge is 2.22. The number of thiol groups is 1. The van der Waals surface area contributed by atoms with Gasteiger partial charge in [0.15, 0.2) is 0 Å². The number of pyridine rings is 1. The molecule has 5 heteroatoms. The number of nitrogen functional groups attached to an aromatic ring is 1. The Balaban J connectivity index is 3.02. The van der Waals surface area contributed by atoms with Crippen molar-refractivity contribution in [3.63, 3.8) is 0 Å². The molecule has 1 aromatic rings. The third-order valence-corrected chi connectivity index (χ3v) is 1.93. The standard InChI is InChI=1S/C10H14N2O2S/c1-10(2,3)14-9(13)7-6(15)4-5-12-8(7)11/h4-5H,1-3H3,(H3,11,12,15). The first kappa shape index (κ1) is 11.8. The SMILES string of the molecule is CC(C)(C)OC(=O)c1c(S)ccnc1N. The summed E-state index contributed by atoms with van der Waals surface area (Å²) in [5.41, 5.74) is 5.24. The minimum absolute atomic E-state index is 0.136. The van der Waals surface area contributed by atoms with E-state index in [1.807, 2.05) is 0 Å². The van der Waals surface area contributed by atoms with E-state index >= 15 is 0 Å². The quantitative estimate of drug-likeness (QED) is 0.567. The molecular weight excluding hydrogens is 212 g/mol. The normalized spacial score (nSPS) is 11.2. The van der Waals surface area contributed by atoms with E-state index in [9.17, 15) is 4.79 Å². The van der Waals surface area contributed by atoms with Crippen LogP contribution in [0.1, 0.15) is 31.1 Å². The molecule has 0 fully saturated rings. The predicted octanol–water partition coefficient (Wildman–Crippen LogP) is 1.91. The molecular formula is C10H14N2O2S. The second-order valence-electron chi connectivity index (χ2n) is 4.09. The van der Waals surface area contributed by atoms with Crippen LogP contribution in [0.3, 0.4) is 0 Å². The summed E-state index contributed by atoms with van der Waals surface area (Å²) in [6.45, 7) is 5.36. The van der Waals surface area contributed by atoms with Crippen molar-refractivity contribution in [1.82, 2.24) is 4.98 Å². The number of carbonyl (C=O) groups is 1. The fourth-order valence-electron chi connectivity index (χ4n) is 1.01. The average molecular weight is 226 g/mol. The Hall–Kier alpha value is -1.23. The van der Waals surface area contributed by atoms with Crippen LogP contribution < -0.4 is 5.73 Å². The van der Waals surface area contributed by atoms with Gasteiger partial charge in [0.25, 0.3) is 0 Å². The lowest BCUT2D eigenvalue weighted by atomic mass is 10.2. The molecule has 0 radical (unpaired) electrons. The van der Waals surface area contributed by atoms with Gasteiger partial charge < -0.3 is 10.5 Å². The molecule has 0 amide bonds. The molecule has 15 heavy (non-hydrogen) atoms. The van der Waals surface area contributed by atoms with E-state index < -0.39 is 11.6 Å². The van der Waals surface area contributed by atoms with Crippen LogP contribution in [0.4, 0.5) is 5.82 Å². The van der Waals surface area contributed by atoms with Crippen molar-refractivity contribution in [1.29, 1.82) is 0 Å². The summed E-state index contributed by atoms with van der Waals surface area (Å²) >= 11 is 4.14. The fourth-order valence-corrected chi connectivity index (χ4v) is 1.28. The van der Waals surface area contributed by atoms with E-state index in [-0.39, 0.29) is 11.4 Å². The van der Waals surface area contributed by atoms with Crippen molar-refractivity contribution in [3.8, 4) is 0 Å². The molecule has 0 unspecified atom stereocenters. The summed E-state index contributed by atoms with van der Waals surface area (Å²) in [5.74, 6) is -0.366. The highest BCUT2D eigenvalue weighted by molar-refractivity contribution is 7.80. The van der Waals surface area contributed by atoms with E-state index in [1.54, 1.807) is 26.8 Å². The number of anilines is 1. The first-order valence-electron chi connectivity index (χ1n) is 4.48. The predicted molar refractivity (Wildman–Crippen MR) is 61.1 cm³/mol. The summed E-state index contributed by atoms with van der Waals surface area (Å²) < 4.78 is 5.18. The fraction of sp³-hybridized carbons (Fsp3) is 0.400. The molecule has 1 aromatic heterocycles. The Kier molecular flexibility index (Phi) is 3.24. The number of rotatable bonds is 1. The van der Waals surface area contributed by atoms with Gasteiger partial charge in [-0.05, 0) is 26.8 Å². The summed E-state index contributed by atoms with van der Waals surface area (Å²) in [6, 6.07) is 1.60. The highest BCUT2D eigenvalue weighted by atomic mass is 32.1. The van der Waals surface area contributed by atoms with Gasteiger partial charge in [0.1, 0.15) is 17.0 Å². The third-order valence-electron chi connectivity index (χ3n) is 1.56. The summed E-state index contributed by atoms with van der Waals surface area (Å²) in [6.07, 6.45) is 1.49. The molecule has 0 saturated heterocycles. The molecule has 2 N–H and O–H groups in total. The zero-order valence-electron chi connectivity index (χ0n) is 8.94. The second kappa shape index (κ2) is 4.10. The van der Waals surface area contributed by atoms with Crippen LogP contribution in [0.2, 0.25) is 0 Å². The van der Waals surface area contributed by atoms with E-state index in [1.165, 1.54) is 6.20 Å². The van der Waals surface area contributed by atoms with Crippen LogP contribution in [0, 0.1) is 0 Å². The number of hydrogen-bond acceptors (Lipinski definition) is 5. The number of aromatic nitrogens is 1. The van der Waals surface area contributed by atoms with Gasteiger partial charge >= 0.3 is 5.97 Å². The maximum absolute atomic E-state index is 11.7. The van der Waals surface area contributed by atoms with Gasteiger partial charge in [-0.3, -0.25) is 0 Å². The van der Waals surface area contributed by atoms with Crippen molar-refractivity contribution >= 4 is 24.4 Å². The van der Waals surface area contributed by atoms with Gasteiger partial charge in [0.05, 0.1) is 0 Å². The average Bonchev–Trinajstić information content (AvgIpc) is 1.99. The van der Waals surface area contributed by atoms with Crippen LogP contribution in [0.15, 0.2) is 17.2 Å². The summed E-state index contributed by atoms with van der Waals surface area (Å²) in [5, 5.41) is 0. The van der Waals surface area contributed by atoms with E-state index in [2.05, 4.69) is 17.6 Å². The number of ether oxygens (including phenoxy) is 1. The minimum Gasteiger partial charge on any atom is -0.456 e. The second-order valence-corrected chi connectivity index (χ2v) is 4.57. The highest BCUT2D eigenvalue weighted by Crippen LogP contribution is 2.21. The lowest BCUT2D eigenvalue weighted by Crippen LogP contribution is -2.25. The number of nitrogens with zero attached hydrogens (tertiary/aromatic N) is 1. The van der Waals surface area contributed by atoms with Crippen LogP contribution in [0.5, 0.6) is 0 Å². The number of carbonyl (C=O) groups excluding carboxylic acids is 1. The largest absolute Gasteiger partial charge is 0.456 e. The molecule has 0 aliphatic carbocycles. The molecule has 0 spiro atoms. The van der Waals surface area contributed by atoms with Gasteiger partial charge in [0.2, 0.25) is 0 Å². The number of hydrogen-bond donors (Lipinski definition) is 2. The monoisotopic (exact) mass is 226 g/mol. The maximum atomic E-state index is 11.7. The van der Waals surface area contributed by atoms with Crippen LogP contribution in [-0.4, -0.2) is 16.6 Å². The van der Waals surface area contributed by atoms with Crippen molar-refractivity contribution in [2.75, 3.05) is 5.73 Å². The molecule has 0 aliphatic heterocycles. The molecule has 0 bridgehead atoms. The van der Waals surface area contributed by atoms with Gasteiger partial charge in [-0.2, -0.15) is 0 Å². The third kappa shape index (κ3) is 3.13. The molecule has 1 rings (SSSR count). The van der Waals surface area contributed by atoms with Crippen molar-refractivity contribution in [3.05, 3.63) is 17.8 Å². The van der Waals surface area contributed by atoms with Gasteiger partial charge in [-0.1, -0.05) is 0 Å². The zero-order valence-corrected chi connectivity index (χ0v) is 9.84. The molecule has 0 saturated carbocycles. The molecule has 0 atom stereocenters. The summed E-state index contributed by atoms with van der Waals surface area (Å²) in [4.78, 5) is 16.0. The Morgan fingerprint density at radius 1 is 1.53 bits per heavy atom. The molecule has 1 heterocycles. The van der Waals surface area contributed by atoms with Crippen molar-refractivity contribution < 1.29 is 9.53 Å². The van der Waals surface area contributed by atoms with E-state index in [0.717, 1.165) is 0 Å². The minimum atomic E-state index is -0.556. The maximum Gasteiger partial charge on any atom is 0.343 e. The Bertz CT molecular complexity index is 365. The molecule has 0 aliphatic rings. The first-order valence-corrected chi connectivity index (χ1v) is 4.93. The number of esters is 1. The number of nitrogens with two attached hydrogens (primary N) is 1. The van der Waals surface area contributed by atoms with Gasteiger partial charge in [0, 0.05) is 11.1 Å². The molecule has 0 aromatic carbocycles. The Morgan fingerprint density at radius 2 is 2.13 bits per heavy atom. The Labute approximate surface area is 94.2 Å². The summed E-state index contributed by atoms with van der Waals surface area (Å²) in [7, 11) is 0. The van der Waals surface area contributed by atoms with Crippen molar-refractivity contribution in [2.45, 2.75) is 31.3 Å². The van der Waals surface area contributed by atoms with Crippen LogP contribution >= 0.6 is 12.6 Å². The van der Waals surface area contributed by atoms with Crippen LogP contribution in [-0.2, 0) is 4.74 Å². The van der Waals surface area contributed by atoms with Gasteiger partial charge in [-0.15, -0.1) is 12.6 Å². The zero-order chi connectivity index (χ0) is 11.6.